The number of aryl methyl sites for hydroxylation is 1. The smallest absolute Gasteiger partial charge is 0.312 e. The number of anilines is 1. The number of nitrogens with one attached hydrogen (secondary N) is 1. The lowest BCUT2D eigenvalue weighted by Gasteiger charge is -2.14. The number of nitrogens with zero attached hydrogens (tertiary/aromatic N) is 1. The SMILES string of the molecule is Cc1cccc(-c2nc(CC(=O)O[C@@H](C)C(=O)Nc3c(F)cccc3F)cs2)c1. The fourth-order valence-electron chi connectivity index (χ4n) is 2.58. The van der Waals surface area contributed by atoms with Crippen LogP contribution in [0.4, 0.5) is 14.5 Å². The Hall–Kier alpha value is -3.13. The molecule has 3 aromatic rings. The number of ether oxygens (including phenoxy) is 1. The van der Waals surface area contributed by atoms with Crippen molar-refractivity contribution in [2.75, 3.05) is 5.32 Å². The van der Waals surface area contributed by atoms with Crippen molar-refractivity contribution in [1.82, 2.24) is 4.98 Å². The van der Waals surface area contributed by atoms with Crippen molar-refractivity contribution in [1.29, 1.82) is 0 Å². The van der Waals surface area contributed by atoms with Crippen LogP contribution in [0, 0.1) is 18.6 Å². The fraction of sp³-hybridized carbons (Fsp3) is 0.190. The summed E-state index contributed by atoms with van der Waals surface area (Å²) in [5.41, 5.74) is 1.99. The van der Waals surface area contributed by atoms with Crippen LogP contribution in [0.15, 0.2) is 47.8 Å². The molecule has 0 fully saturated rings. The van der Waals surface area contributed by atoms with Gasteiger partial charge in [-0.05, 0) is 32.0 Å². The number of thiazole rings is 1. The topological polar surface area (TPSA) is 68.3 Å². The van der Waals surface area contributed by atoms with Gasteiger partial charge in [0, 0.05) is 10.9 Å². The second kappa shape index (κ2) is 8.91. The van der Waals surface area contributed by atoms with E-state index in [2.05, 4.69) is 10.3 Å². The molecule has 1 N–H and O–H groups in total. The molecular formula is C21H18F2N2O3S. The van der Waals surface area contributed by atoms with Gasteiger partial charge < -0.3 is 10.1 Å². The van der Waals surface area contributed by atoms with Crippen LogP contribution in [0.2, 0.25) is 0 Å². The van der Waals surface area contributed by atoms with Gasteiger partial charge in [-0.2, -0.15) is 0 Å². The second-order valence-corrected chi connectivity index (χ2v) is 7.27. The maximum absolute atomic E-state index is 13.6. The number of benzene rings is 2. The fourth-order valence-corrected chi connectivity index (χ4v) is 3.40. The first-order valence-corrected chi connectivity index (χ1v) is 9.67. The van der Waals surface area contributed by atoms with Crippen LogP contribution in [-0.4, -0.2) is 23.0 Å². The minimum Gasteiger partial charge on any atom is -0.452 e. The summed E-state index contributed by atoms with van der Waals surface area (Å²) in [6, 6.07) is 11.1. The van der Waals surface area contributed by atoms with E-state index in [0.29, 0.717) is 5.69 Å². The molecule has 150 valence electrons. The lowest BCUT2D eigenvalue weighted by molar-refractivity contribution is -0.152. The van der Waals surface area contributed by atoms with Gasteiger partial charge in [0.1, 0.15) is 22.3 Å². The molecule has 0 bridgehead atoms. The lowest BCUT2D eigenvalue weighted by Crippen LogP contribution is -2.31. The van der Waals surface area contributed by atoms with E-state index in [1.807, 2.05) is 31.2 Å². The summed E-state index contributed by atoms with van der Waals surface area (Å²) in [5.74, 6) is -3.32. The number of halogens is 2. The zero-order chi connectivity index (χ0) is 21.0. The van der Waals surface area contributed by atoms with Gasteiger partial charge in [-0.25, -0.2) is 13.8 Å². The molecule has 5 nitrogen and oxygen atoms in total. The van der Waals surface area contributed by atoms with E-state index in [9.17, 15) is 18.4 Å². The molecule has 0 aliphatic carbocycles. The number of esters is 1. The van der Waals surface area contributed by atoms with Crippen LogP contribution in [0.25, 0.3) is 10.6 Å². The average Bonchev–Trinajstić information content (AvgIpc) is 3.13. The molecule has 1 aromatic heterocycles. The molecule has 1 amide bonds. The highest BCUT2D eigenvalue weighted by Crippen LogP contribution is 2.25. The highest BCUT2D eigenvalue weighted by atomic mass is 32.1. The van der Waals surface area contributed by atoms with E-state index in [-0.39, 0.29) is 6.42 Å². The first-order valence-electron chi connectivity index (χ1n) is 8.79. The summed E-state index contributed by atoms with van der Waals surface area (Å²) >= 11 is 1.40. The molecule has 0 radical (unpaired) electrons. The van der Waals surface area contributed by atoms with Crippen molar-refractivity contribution in [2.45, 2.75) is 26.4 Å². The summed E-state index contributed by atoms with van der Waals surface area (Å²) in [5, 5.41) is 4.62. The van der Waals surface area contributed by atoms with Gasteiger partial charge in [0.15, 0.2) is 6.10 Å². The zero-order valence-electron chi connectivity index (χ0n) is 15.7. The van der Waals surface area contributed by atoms with Crippen molar-refractivity contribution >= 4 is 28.9 Å². The maximum Gasteiger partial charge on any atom is 0.312 e. The standard InChI is InChI=1S/C21H18F2N2O3S/c1-12-5-3-6-14(9-12)21-24-15(11-29-21)10-18(26)28-13(2)20(27)25-19-16(22)7-4-8-17(19)23/h3-9,11,13H,10H2,1-2H3,(H,25,27)/t13-/m0/s1. The molecule has 1 atom stereocenters. The monoisotopic (exact) mass is 416 g/mol. The van der Waals surface area contributed by atoms with Crippen molar-refractivity contribution < 1.29 is 23.1 Å². The van der Waals surface area contributed by atoms with E-state index in [4.69, 9.17) is 4.74 Å². The molecular weight excluding hydrogens is 398 g/mol. The van der Waals surface area contributed by atoms with Gasteiger partial charge in [0.05, 0.1) is 12.1 Å². The molecule has 0 aliphatic heterocycles. The number of hydrogen-bond acceptors (Lipinski definition) is 5. The molecule has 0 unspecified atom stereocenters. The minimum atomic E-state index is -1.23. The number of aromatic nitrogens is 1. The summed E-state index contributed by atoms with van der Waals surface area (Å²) in [6.07, 6.45) is -1.34. The third kappa shape index (κ3) is 5.23. The van der Waals surface area contributed by atoms with Gasteiger partial charge in [0.25, 0.3) is 5.91 Å². The van der Waals surface area contributed by atoms with Gasteiger partial charge in [-0.3, -0.25) is 9.59 Å². The predicted octanol–water partition coefficient (Wildman–Crippen LogP) is 4.51. The normalized spacial score (nSPS) is 11.7. The molecule has 0 saturated heterocycles. The molecule has 3 rings (SSSR count). The van der Waals surface area contributed by atoms with Crippen molar-refractivity contribution in [3.05, 3.63) is 70.7 Å². The van der Waals surface area contributed by atoms with Gasteiger partial charge >= 0.3 is 5.97 Å². The first-order chi connectivity index (χ1) is 13.8. The molecule has 2 aromatic carbocycles. The zero-order valence-corrected chi connectivity index (χ0v) is 16.6. The third-order valence-corrected chi connectivity index (χ3v) is 4.97. The van der Waals surface area contributed by atoms with Gasteiger partial charge in [-0.15, -0.1) is 11.3 Å². The minimum absolute atomic E-state index is 0.117. The number of carbonyl (C=O) groups excluding carboxylic acids is 2. The van der Waals surface area contributed by atoms with E-state index in [1.54, 1.807) is 5.38 Å². The van der Waals surface area contributed by atoms with Gasteiger partial charge in [-0.1, -0.05) is 29.8 Å². The Kier molecular flexibility index (Phi) is 6.33. The Morgan fingerprint density at radius 1 is 1.17 bits per heavy atom. The third-order valence-electron chi connectivity index (χ3n) is 4.03. The predicted molar refractivity (Wildman–Crippen MR) is 107 cm³/mol. The van der Waals surface area contributed by atoms with Crippen molar-refractivity contribution in [3.8, 4) is 10.6 Å². The van der Waals surface area contributed by atoms with E-state index < -0.39 is 35.3 Å². The van der Waals surface area contributed by atoms with Crippen LogP contribution in [0.5, 0.6) is 0 Å². The maximum atomic E-state index is 13.6. The number of rotatable bonds is 6. The van der Waals surface area contributed by atoms with Crippen LogP contribution >= 0.6 is 11.3 Å². The summed E-state index contributed by atoms with van der Waals surface area (Å²) in [7, 11) is 0. The van der Waals surface area contributed by atoms with Crippen molar-refractivity contribution in [2.24, 2.45) is 0 Å². The number of amides is 1. The van der Waals surface area contributed by atoms with Crippen LogP contribution in [0.3, 0.4) is 0 Å². The highest BCUT2D eigenvalue weighted by Gasteiger charge is 2.21. The Morgan fingerprint density at radius 2 is 1.86 bits per heavy atom. The van der Waals surface area contributed by atoms with Crippen molar-refractivity contribution in [3.63, 3.8) is 0 Å². The van der Waals surface area contributed by atoms with E-state index in [1.165, 1.54) is 24.3 Å². The van der Waals surface area contributed by atoms with Crippen LogP contribution in [-0.2, 0) is 20.7 Å². The Balaban J connectivity index is 1.58. The van der Waals surface area contributed by atoms with Crippen LogP contribution < -0.4 is 5.32 Å². The molecule has 0 aliphatic rings. The van der Waals surface area contributed by atoms with E-state index >= 15 is 0 Å². The summed E-state index contributed by atoms with van der Waals surface area (Å²) in [6.45, 7) is 3.31. The molecule has 0 spiro atoms. The summed E-state index contributed by atoms with van der Waals surface area (Å²) < 4.78 is 32.3. The van der Waals surface area contributed by atoms with Crippen LogP contribution in [0.1, 0.15) is 18.2 Å². The lowest BCUT2D eigenvalue weighted by atomic mass is 10.1. The Labute approximate surface area is 170 Å². The highest BCUT2D eigenvalue weighted by molar-refractivity contribution is 7.13. The summed E-state index contributed by atoms with van der Waals surface area (Å²) in [4.78, 5) is 28.6. The largest absolute Gasteiger partial charge is 0.452 e. The average molecular weight is 416 g/mol. The Bertz CT molecular complexity index is 1030. The second-order valence-electron chi connectivity index (χ2n) is 6.41. The first kappa shape index (κ1) is 20.6. The molecule has 29 heavy (non-hydrogen) atoms. The quantitative estimate of drug-likeness (QED) is 0.601. The number of hydrogen-bond donors (Lipinski definition) is 1. The number of para-hydroxylation sites is 1. The van der Waals surface area contributed by atoms with Gasteiger partial charge in [0.2, 0.25) is 0 Å². The molecule has 1 heterocycles. The van der Waals surface area contributed by atoms with E-state index in [0.717, 1.165) is 28.3 Å². The molecule has 0 saturated carbocycles. The number of carbonyl (C=O) groups is 2. The Morgan fingerprint density at radius 3 is 2.55 bits per heavy atom. The molecule has 8 heteroatoms.